The van der Waals surface area contributed by atoms with Crippen molar-refractivity contribution in [3.05, 3.63) is 71.8 Å². The Bertz CT molecular complexity index is 1200. The first kappa shape index (κ1) is 36.2. The van der Waals surface area contributed by atoms with Gasteiger partial charge in [-0.15, -0.1) is 0 Å². The average molecular weight is 624 g/mol. The van der Waals surface area contributed by atoms with Gasteiger partial charge in [0.05, 0.1) is 37.6 Å². The molecule has 1 aliphatic rings. The maximum Gasteiger partial charge on any atom is 0.243 e. The first-order valence-corrected chi connectivity index (χ1v) is 16.1. The fourth-order valence-corrected chi connectivity index (χ4v) is 5.42. The molecule has 0 aliphatic carbocycles. The highest BCUT2D eigenvalue weighted by Crippen LogP contribution is 2.20. The third-order valence-electron chi connectivity index (χ3n) is 7.92. The number of aliphatic hydroxyl groups is 1. The molecule has 3 amide bonds. The topological polar surface area (TPSA) is 132 Å². The summed E-state index contributed by atoms with van der Waals surface area (Å²) < 4.78 is 5.65. The van der Waals surface area contributed by atoms with Crippen molar-refractivity contribution >= 4 is 17.7 Å². The number of carbonyl (C=O) groups is 3. The van der Waals surface area contributed by atoms with E-state index in [1.165, 1.54) is 0 Å². The van der Waals surface area contributed by atoms with Crippen LogP contribution in [0.2, 0.25) is 0 Å². The fourth-order valence-electron chi connectivity index (χ4n) is 5.42. The molecule has 0 aromatic heterocycles. The number of carbonyl (C=O) groups excluding carboxylic acids is 3. The Morgan fingerprint density at radius 2 is 1.56 bits per heavy atom. The lowest BCUT2D eigenvalue weighted by Gasteiger charge is -2.33. The van der Waals surface area contributed by atoms with E-state index in [0.717, 1.165) is 24.0 Å². The van der Waals surface area contributed by atoms with E-state index in [1.54, 1.807) is 6.92 Å². The van der Waals surface area contributed by atoms with Crippen LogP contribution in [0.5, 0.6) is 0 Å². The fraction of sp³-hybridized carbons (Fsp3) is 0.571. The van der Waals surface area contributed by atoms with Gasteiger partial charge in [-0.05, 0) is 70.5 Å². The number of nitrogens with one attached hydrogen (secondary N) is 4. The molecule has 248 valence electrons. The van der Waals surface area contributed by atoms with Crippen LogP contribution in [0.3, 0.4) is 0 Å². The minimum absolute atomic E-state index is 0.0494. The summed E-state index contributed by atoms with van der Waals surface area (Å²) in [4.78, 5) is 41.7. The van der Waals surface area contributed by atoms with Gasteiger partial charge < -0.3 is 25.8 Å². The van der Waals surface area contributed by atoms with Gasteiger partial charge >= 0.3 is 0 Å². The van der Waals surface area contributed by atoms with Gasteiger partial charge in [0, 0.05) is 12.1 Å². The molecule has 45 heavy (non-hydrogen) atoms. The highest BCUT2D eigenvalue weighted by Gasteiger charge is 2.36. The van der Waals surface area contributed by atoms with E-state index in [0.29, 0.717) is 19.6 Å². The number of ether oxygens (including phenoxy) is 1. The number of rotatable bonds is 16. The van der Waals surface area contributed by atoms with E-state index in [4.69, 9.17) is 4.74 Å². The summed E-state index contributed by atoms with van der Waals surface area (Å²) >= 11 is 0. The van der Waals surface area contributed by atoms with Gasteiger partial charge in [-0.2, -0.15) is 0 Å². The standard InChI is InChI=1S/C35H53N5O5/c1-24(2)31(38-32(42)25(3)36-23-45-22-27-16-11-8-12-17-27)34(44)37-28(20-26-14-9-7-10-15-26)30(41)21-40-19-13-18-29(40)33(43)39-35(4,5)6/h7-12,14-17,24-25,28-31,36,41H,13,18-23H2,1-6H3,(H,37,44)(H,38,42)(H,39,43)/t25?,28-,29-,30+,31?/m0/s1. The van der Waals surface area contributed by atoms with Gasteiger partial charge in [-0.1, -0.05) is 74.5 Å². The first-order chi connectivity index (χ1) is 21.3. The molecule has 1 fully saturated rings. The van der Waals surface area contributed by atoms with Crippen LogP contribution < -0.4 is 21.3 Å². The summed E-state index contributed by atoms with van der Waals surface area (Å²) in [5, 5.41) is 23.5. The van der Waals surface area contributed by atoms with Gasteiger partial charge in [0.2, 0.25) is 17.7 Å². The van der Waals surface area contributed by atoms with Crippen molar-refractivity contribution in [2.24, 2.45) is 5.92 Å². The number of aliphatic hydroxyl groups excluding tert-OH is 1. The largest absolute Gasteiger partial charge is 0.390 e. The zero-order chi connectivity index (χ0) is 33.0. The predicted molar refractivity (Wildman–Crippen MR) is 176 cm³/mol. The summed E-state index contributed by atoms with van der Waals surface area (Å²) in [6, 6.07) is 17.1. The lowest BCUT2D eigenvalue weighted by atomic mass is 9.98. The Morgan fingerprint density at radius 1 is 0.933 bits per heavy atom. The Kier molecular flexibility index (Phi) is 14.0. The molecule has 0 saturated carbocycles. The second-order valence-corrected chi connectivity index (χ2v) is 13.4. The molecule has 1 heterocycles. The van der Waals surface area contributed by atoms with E-state index in [2.05, 4.69) is 21.3 Å². The van der Waals surface area contributed by atoms with Gasteiger partial charge in [0.1, 0.15) is 6.04 Å². The number of nitrogens with zero attached hydrogens (tertiary/aromatic N) is 1. The number of benzene rings is 2. The molecule has 10 heteroatoms. The number of hydrogen-bond donors (Lipinski definition) is 5. The van der Waals surface area contributed by atoms with Crippen LogP contribution in [0.1, 0.15) is 65.5 Å². The highest BCUT2D eigenvalue weighted by atomic mass is 16.5. The van der Waals surface area contributed by atoms with Crippen LogP contribution in [0.4, 0.5) is 0 Å². The van der Waals surface area contributed by atoms with Crippen molar-refractivity contribution in [2.45, 2.75) is 103 Å². The van der Waals surface area contributed by atoms with Crippen LogP contribution >= 0.6 is 0 Å². The summed E-state index contributed by atoms with van der Waals surface area (Å²) in [7, 11) is 0. The Morgan fingerprint density at radius 3 is 2.16 bits per heavy atom. The molecule has 0 bridgehead atoms. The smallest absolute Gasteiger partial charge is 0.243 e. The van der Waals surface area contributed by atoms with Gasteiger partial charge in [-0.3, -0.25) is 24.6 Å². The molecule has 2 unspecified atom stereocenters. The Hall–Kier alpha value is -3.31. The molecule has 1 saturated heterocycles. The SMILES string of the molecule is CC(NCOCc1ccccc1)C(=O)NC(C(=O)N[C@@H](Cc1ccccc1)[C@H](O)CN1CCC[C@H]1C(=O)NC(C)(C)C)C(C)C. The second kappa shape index (κ2) is 17.4. The molecule has 0 radical (unpaired) electrons. The number of likely N-dealkylation sites (tertiary alicyclic amines) is 1. The minimum atomic E-state index is -0.942. The summed E-state index contributed by atoms with van der Waals surface area (Å²) in [5.74, 6) is -0.938. The number of β-amino-alcohol motifs (C(OH)–C–C–N with tert-alkyl or cyclic N) is 1. The van der Waals surface area contributed by atoms with Crippen LogP contribution in [0, 0.1) is 5.92 Å². The van der Waals surface area contributed by atoms with Gasteiger partial charge in [-0.25, -0.2) is 0 Å². The van der Waals surface area contributed by atoms with Crippen LogP contribution in [0.15, 0.2) is 60.7 Å². The first-order valence-electron chi connectivity index (χ1n) is 16.1. The molecule has 2 aromatic carbocycles. The van der Waals surface area contributed by atoms with Crippen molar-refractivity contribution in [3.8, 4) is 0 Å². The third-order valence-corrected chi connectivity index (χ3v) is 7.92. The molecule has 3 rings (SSSR count). The van der Waals surface area contributed by atoms with Crippen molar-refractivity contribution < 1.29 is 24.2 Å². The lowest BCUT2D eigenvalue weighted by Crippen LogP contribution is -2.59. The van der Waals surface area contributed by atoms with Crippen LogP contribution in [0.25, 0.3) is 0 Å². The van der Waals surface area contributed by atoms with Crippen molar-refractivity contribution in [1.82, 2.24) is 26.2 Å². The quantitative estimate of drug-likeness (QED) is 0.144. The highest BCUT2D eigenvalue weighted by molar-refractivity contribution is 5.90. The van der Waals surface area contributed by atoms with E-state index in [1.807, 2.05) is 100 Å². The van der Waals surface area contributed by atoms with E-state index < -0.39 is 24.2 Å². The normalized spacial score (nSPS) is 18.2. The molecule has 5 atom stereocenters. The molecular weight excluding hydrogens is 570 g/mol. The Labute approximate surface area is 268 Å². The van der Waals surface area contributed by atoms with Crippen molar-refractivity contribution in [2.75, 3.05) is 19.8 Å². The average Bonchev–Trinajstić information content (AvgIpc) is 3.45. The van der Waals surface area contributed by atoms with Gasteiger partial charge in [0.25, 0.3) is 0 Å². The lowest BCUT2D eigenvalue weighted by molar-refractivity contribution is -0.132. The molecule has 10 nitrogen and oxygen atoms in total. The Balaban J connectivity index is 1.63. The number of amides is 3. The van der Waals surface area contributed by atoms with E-state index in [-0.39, 0.29) is 48.5 Å². The van der Waals surface area contributed by atoms with E-state index >= 15 is 0 Å². The summed E-state index contributed by atoms with van der Waals surface area (Å²) in [5.41, 5.74) is 1.64. The maximum atomic E-state index is 13.7. The van der Waals surface area contributed by atoms with Crippen LogP contribution in [-0.4, -0.2) is 83.4 Å². The molecule has 5 N–H and O–H groups in total. The number of hydrogen-bond acceptors (Lipinski definition) is 7. The van der Waals surface area contributed by atoms with Crippen molar-refractivity contribution in [3.63, 3.8) is 0 Å². The molecule has 2 aromatic rings. The summed E-state index contributed by atoms with van der Waals surface area (Å²) in [6.07, 6.45) is 1.03. The van der Waals surface area contributed by atoms with Crippen LogP contribution in [-0.2, 0) is 32.1 Å². The molecular formula is C35H53N5O5. The molecule has 1 aliphatic heterocycles. The van der Waals surface area contributed by atoms with Crippen molar-refractivity contribution in [1.29, 1.82) is 0 Å². The second-order valence-electron chi connectivity index (χ2n) is 13.4. The zero-order valence-electron chi connectivity index (χ0n) is 27.7. The maximum absolute atomic E-state index is 13.7. The predicted octanol–water partition coefficient (Wildman–Crippen LogP) is 2.75. The monoisotopic (exact) mass is 623 g/mol. The minimum Gasteiger partial charge on any atom is -0.390 e. The third kappa shape index (κ3) is 12.2. The van der Waals surface area contributed by atoms with E-state index in [9.17, 15) is 19.5 Å². The van der Waals surface area contributed by atoms with Gasteiger partial charge in [0.15, 0.2) is 0 Å². The summed E-state index contributed by atoms with van der Waals surface area (Å²) in [6.45, 7) is 12.8. The zero-order valence-corrected chi connectivity index (χ0v) is 27.7. The molecule has 0 spiro atoms.